The SMILES string of the molecule is CCCn1nc(C(=O)Nc2nc(-c3ccc(CNC(C)=O)o3)cs2)ccc1=O. The molecule has 0 bridgehead atoms. The maximum Gasteiger partial charge on any atom is 0.277 e. The lowest BCUT2D eigenvalue weighted by atomic mass is 10.3. The van der Waals surface area contributed by atoms with Gasteiger partial charge < -0.3 is 9.73 Å². The van der Waals surface area contributed by atoms with Gasteiger partial charge in [-0.2, -0.15) is 5.10 Å². The summed E-state index contributed by atoms with van der Waals surface area (Å²) < 4.78 is 6.91. The summed E-state index contributed by atoms with van der Waals surface area (Å²) in [5.74, 6) is 0.546. The van der Waals surface area contributed by atoms with Crippen LogP contribution < -0.4 is 16.2 Å². The van der Waals surface area contributed by atoms with Gasteiger partial charge in [0, 0.05) is 24.9 Å². The first-order chi connectivity index (χ1) is 13.5. The Morgan fingerprint density at radius 2 is 2.07 bits per heavy atom. The monoisotopic (exact) mass is 401 g/mol. The molecule has 0 aliphatic heterocycles. The third-order valence-electron chi connectivity index (χ3n) is 3.68. The van der Waals surface area contributed by atoms with Crippen LogP contribution in [0.25, 0.3) is 11.5 Å². The molecule has 0 aliphatic carbocycles. The van der Waals surface area contributed by atoms with Crippen molar-refractivity contribution >= 4 is 28.3 Å². The van der Waals surface area contributed by atoms with Gasteiger partial charge in [-0.1, -0.05) is 6.92 Å². The first-order valence-electron chi connectivity index (χ1n) is 8.65. The number of carbonyl (C=O) groups is 2. The number of hydrogen-bond donors (Lipinski definition) is 2. The molecule has 2 N–H and O–H groups in total. The Hall–Kier alpha value is -3.27. The zero-order valence-corrected chi connectivity index (χ0v) is 16.2. The summed E-state index contributed by atoms with van der Waals surface area (Å²) in [5, 5.41) is 11.5. The van der Waals surface area contributed by atoms with Gasteiger partial charge in [-0.3, -0.25) is 19.7 Å². The molecule has 28 heavy (non-hydrogen) atoms. The molecule has 3 rings (SSSR count). The van der Waals surface area contributed by atoms with Crippen LogP contribution in [0.3, 0.4) is 0 Å². The van der Waals surface area contributed by atoms with Gasteiger partial charge in [-0.15, -0.1) is 11.3 Å². The van der Waals surface area contributed by atoms with Crippen molar-refractivity contribution in [1.82, 2.24) is 20.1 Å². The molecule has 146 valence electrons. The summed E-state index contributed by atoms with van der Waals surface area (Å²) in [6.45, 7) is 4.10. The van der Waals surface area contributed by atoms with Crippen molar-refractivity contribution in [2.24, 2.45) is 0 Å². The van der Waals surface area contributed by atoms with E-state index in [1.165, 1.54) is 35.1 Å². The van der Waals surface area contributed by atoms with E-state index in [9.17, 15) is 14.4 Å². The van der Waals surface area contributed by atoms with Crippen LogP contribution in [0.4, 0.5) is 5.13 Å². The summed E-state index contributed by atoms with van der Waals surface area (Å²) in [6.07, 6.45) is 0.737. The predicted molar refractivity (Wildman–Crippen MR) is 104 cm³/mol. The Morgan fingerprint density at radius 1 is 1.25 bits per heavy atom. The minimum Gasteiger partial charge on any atom is -0.458 e. The molecule has 2 amide bonds. The van der Waals surface area contributed by atoms with E-state index >= 15 is 0 Å². The van der Waals surface area contributed by atoms with Crippen molar-refractivity contribution in [1.29, 1.82) is 0 Å². The normalized spacial score (nSPS) is 10.6. The van der Waals surface area contributed by atoms with Gasteiger partial charge in [0.25, 0.3) is 11.5 Å². The molecule has 0 atom stereocenters. The number of rotatable bonds is 7. The van der Waals surface area contributed by atoms with Crippen LogP contribution in [0, 0.1) is 0 Å². The topological polar surface area (TPSA) is 119 Å². The number of furan rings is 1. The Labute approximate surface area is 164 Å². The van der Waals surface area contributed by atoms with Gasteiger partial charge in [0.15, 0.2) is 10.9 Å². The molecule has 0 radical (unpaired) electrons. The number of aromatic nitrogens is 3. The van der Waals surface area contributed by atoms with E-state index in [1.807, 2.05) is 6.92 Å². The van der Waals surface area contributed by atoms with Gasteiger partial charge in [-0.05, 0) is 24.6 Å². The molecule has 0 saturated carbocycles. The Bertz CT molecular complexity index is 1050. The van der Waals surface area contributed by atoms with E-state index in [2.05, 4.69) is 20.7 Å². The second-order valence-electron chi connectivity index (χ2n) is 5.95. The zero-order chi connectivity index (χ0) is 20.1. The second-order valence-corrected chi connectivity index (χ2v) is 6.81. The van der Waals surface area contributed by atoms with Gasteiger partial charge in [0.1, 0.15) is 17.1 Å². The van der Waals surface area contributed by atoms with E-state index < -0.39 is 5.91 Å². The Morgan fingerprint density at radius 3 is 2.82 bits per heavy atom. The molecule has 0 fully saturated rings. The number of nitrogens with one attached hydrogen (secondary N) is 2. The summed E-state index contributed by atoms with van der Waals surface area (Å²) in [4.78, 5) is 39.4. The van der Waals surface area contributed by atoms with Crippen LogP contribution in [0.5, 0.6) is 0 Å². The number of thiazole rings is 1. The summed E-state index contributed by atoms with van der Waals surface area (Å²) in [5.41, 5.74) is 0.460. The maximum absolute atomic E-state index is 12.4. The molecule has 0 saturated heterocycles. The molecule has 0 unspecified atom stereocenters. The zero-order valence-electron chi connectivity index (χ0n) is 15.4. The fourth-order valence-electron chi connectivity index (χ4n) is 2.37. The van der Waals surface area contributed by atoms with Crippen LogP contribution in [0.2, 0.25) is 0 Å². The van der Waals surface area contributed by atoms with E-state index in [0.717, 1.165) is 6.42 Å². The first kappa shape index (κ1) is 19.5. The summed E-state index contributed by atoms with van der Waals surface area (Å²) >= 11 is 1.24. The van der Waals surface area contributed by atoms with Crippen LogP contribution in [0.1, 0.15) is 36.5 Å². The van der Waals surface area contributed by atoms with Crippen LogP contribution >= 0.6 is 11.3 Å². The van der Waals surface area contributed by atoms with Gasteiger partial charge >= 0.3 is 0 Å². The van der Waals surface area contributed by atoms with E-state index in [4.69, 9.17) is 4.42 Å². The molecule has 0 spiro atoms. The molecule has 9 nitrogen and oxygen atoms in total. The van der Waals surface area contributed by atoms with Gasteiger partial charge in [0.05, 0.1) is 6.54 Å². The van der Waals surface area contributed by atoms with Crippen molar-refractivity contribution in [2.45, 2.75) is 33.4 Å². The second kappa shape index (κ2) is 8.61. The van der Waals surface area contributed by atoms with Crippen LogP contribution in [0.15, 0.2) is 38.9 Å². The Balaban J connectivity index is 1.69. The minimum atomic E-state index is -0.448. The summed E-state index contributed by atoms with van der Waals surface area (Å²) in [7, 11) is 0. The third-order valence-corrected chi connectivity index (χ3v) is 4.44. The standard InChI is InChI=1S/C18H19N5O4S/c1-3-8-23-16(25)7-5-13(22-23)17(26)21-18-20-14(10-28-18)15-6-4-12(27-15)9-19-11(2)24/h4-7,10H,3,8-9H2,1-2H3,(H,19,24)(H,20,21,26). The van der Waals surface area contributed by atoms with Crippen LogP contribution in [-0.2, 0) is 17.9 Å². The van der Waals surface area contributed by atoms with Crippen molar-refractivity contribution < 1.29 is 14.0 Å². The largest absolute Gasteiger partial charge is 0.458 e. The highest BCUT2D eigenvalue weighted by molar-refractivity contribution is 7.14. The maximum atomic E-state index is 12.4. The fourth-order valence-corrected chi connectivity index (χ4v) is 3.06. The quantitative estimate of drug-likeness (QED) is 0.627. The fraction of sp³-hybridized carbons (Fsp3) is 0.278. The molecule has 0 aromatic carbocycles. The van der Waals surface area contributed by atoms with E-state index in [0.29, 0.717) is 35.4 Å². The highest BCUT2D eigenvalue weighted by atomic mass is 32.1. The van der Waals surface area contributed by atoms with Crippen LogP contribution in [-0.4, -0.2) is 26.6 Å². The molecule has 10 heteroatoms. The number of aryl methyl sites for hydroxylation is 1. The molecule has 3 aromatic heterocycles. The number of carbonyl (C=O) groups excluding carboxylic acids is 2. The average molecular weight is 401 g/mol. The third kappa shape index (κ3) is 4.71. The van der Waals surface area contributed by atoms with Crippen molar-refractivity contribution in [3.8, 4) is 11.5 Å². The molecule has 3 aromatic rings. The lowest BCUT2D eigenvalue weighted by Gasteiger charge is -2.05. The average Bonchev–Trinajstić information content (AvgIpc) is 3.31. The molecular weight excluding hydrogens is 382 g/mol. The lowest BCUT2D eigenvalue weighted by molar-refractivity contribution is -0.119. The molecule has 3 heterocycles. The van der Waals surface area contributed by atoms with Gasteiger partial charge in [0.2, 0.25) is 5.91 Å². The Kier molecular flexibility index (Phi) is 5.99. The lowest BCUT2D eigenvalue weighted by Crippen LogP contribution is -2.26. The number of nitrogens with zero attached hydrogens (tertiary/aromatic N) is 3. The van der Waals surface area contributed by atoms with E-state index in [1.54, 1.807) is 17.5 Å². The van der Waals surface area contributed by atoms with Gasteiger partial charge in [-0.25, -0.2) is 9.67 Å². The highest BCUT2D eigenvalue weighted by Crippen LogP contribution is 2.26. The predicted octanol–water partition coefficient (Wildman–Crippen LogP) is 2.26. The van der Waals surface area contributed by atoms with E-state index in [-0.39, 0.29) is 17.2 Å². The smallest absolute Gasteiger partial charge is 0.277 e. The van der Waals surface area contributed by atoms with Crippen molar-refractivity contribution in [3.63, 3.8) is 0 Å². The minimum absolute atomic E-state index is 0.139. The number of anilines is 1. The van der Waals surface area contributed by atoms with Crippen molar-refractivity contribution in [2.75, 3.05) is 5.32 Å². The number of hydrogen-bond acceptors (Lipinski definition) is 7. The number of amides is 2. The summed E-state index contributed by atoms with van der Waals surface area (Å²) in [6, 6.07) is 6.22. The molecular formula is C18H19N5O4S. The molecule has 0 aliphatic rings. The van der Waals surface area contributed by atoms with Crippen molar-refractivity contribution in [3.05, 3.63) is 51.5 Å². The first-order valence-corrected chi connectivity index (χ1v) is 9.53. The highest BCUT2D eigenvalue weighted by Gasteiger charge is 2.14.